The third-order valence-electron chi connectivity index (χ3n) is 6.00. The zero-order valence-corrected chi connectivity index (χ0v) is 19.5. The highest BCUT2D eigenvalue weighted by Crippen LogP contribution is 2.33. The number of hydrogen-bond donors (Lipinski definition) is 1. The molecular formula is C27H25N3O3S. The van der Waals surface area contributed by atoms with Gasteiger partial charge in [0.05, 0.1) is 21.8 Å². The average Bonchev–Trinajstić information content (AvgIpc) is 3.33. The Bertz CT molecular complexity index is 1250. The van der Waals surface area contributed by atoms with Crippen LogP contribution in [-0.2, 0) is 4.79 Å². The summed E-state index contributed by atoms with van der Waals surface area (Å²) in [4.78, 5) is 31.8. The molecule has 0 saturated carbocycles. The molecule has 34 heavy (non-hydrogen) atoms. The summed E-state index contributed by atoms with van der Waals surface area (Å²) in [6, 6.07) is 24.5. The summed E-state index contributed by atoms with van der Waals surface area (Å²) in [7, 11) is 0. The number of hydrogen-bond acceptors (Lipinski definition) is 5. The molecule has 0 atom stereocenters. The van der Waals surface area contributed by atoms with Gasteiger partial charge in [0, 0.05) is 24.6 Å². The molecule has 1 saturated heterocycles. The summed E-state index contributed by atoms with van der Waals surface area (Å²) in [5, 5.41) is 3.90. The van der Waals surface area contributed by atoms with E-state index in [9.17, 15) is 9.59 Å². The van der Waals surface area contributed by atoms with Crippen LogP contribution >= 0.6 is 11.3 Å². The van der Waals surface area contributed by atoms with E-state index in [0.29, 0.717) is 30.3 Å². The number of rotatable bonds is 6. The standard InChI is InChI=1S/C27H25N3O3S/c31-25(30-16-14-20(15-17-30)27-29-23-8-4-5-9-24(23)34-27)18-28-26(32)19-10-12-22(13-11-19)33-21-6-2-1-3-7-21/h1-13,20H,14-18H2,(H,28,32). The lowest BCUT2D eigenvalue weighted by molar-refractivity contribution is -0.131. The largest absolute Gasteiger partial charge is 0.457 e. The van der Waals surface area contributed by atoms with Gasteiger partial charge < -0.3 is 15.0 Å². The van der Waals surface area contributed by atoms with Gasteiger partial charge in [-0.15, -0.1) is 11.3 Å². The second kappa shape index (κ2) is 10.1. The van der Waals surface area contributed by atoms with E-state index in [0.717, 1.165) is 29.1 Å². The fraction of sp³-hybridized carbons (Fsp3) is 0.222. The number of thiazole rings is 1. The molecule has 0 radical (unpaired) electrons. The zero-order chi connectivity index (χ0) is 23.3. The Morgan fingerprint density at radius 2 is 1.59 bits per heavy atom. The van der Waals surface area contributed by atoms with Gasteiger partial charge in [0.1, 0.15) is 11.5 Å². The van der Waals surface area contributed by atoms with Crippen LogP contribution in [0, 0.1) is 0 Å². The minimum Gasteiger partial charge on any atom is -0.457 e. The van der Waals surface area contributed by atoms with Crippen molar-refractivity contribution >= 4 is 33.4 Å². The number of nitrogens with one attached hydrogen (secondary N) is 1. The lowest BCUT2D eigenvalue weighted by Crippen LogP contribution is -2.43. The maximum absolute atomic E-state index is 12.7. The predicted octanol–water partition coefficient (Wildman–Crippen LogP) is 5.22. The Hall–Kier alpha value is -3.71. The average molecular weight is 472 g/mol. The molecule has 1 aromatic heterocycles. The molecule has 3 aromatic carbocycles. The molecular weight excluding hydrogens is 446 g/mol. The first-order valence-corrected chi connectivity index (χ1v) is 12.2. The Morgan fingerprint density at radius 3 is 2.32 bits per heavy atom. The molecule has 1 aliphatic heterocycles. The van der Waals surface area contributed by atoms with E-state index >= 15 is 0 Å². The molecule has 1 fully saturated rings. The van der Waals surface area contributed by atoms with Crippen LogP contribution in [-0.4, -0.2) is 41.3 Å². The summed E-state index contributed by atoms with van der Waals surface area (Å²) < 4.78 is 6.96. The molecule has 5 rings (SSSR count). The van der Waals surface area contributed by atoms with Gasteiger partial charge >= 0.3 is 0 Å². The summed E-state index contributed by atoms with van der Waals surface area (Å²) in [6.45, 7) is 1.36. The molecule has 0 unspecified atom stereocenters. The summed E-state index contributed by atoms with van der Waals surface area (Å²) >= 11 is 1.75. The minimum atomic E-state index is -0.274. The second-order valence-corrected chi connectivity index (χ2v) is 9.36. The molecule has 172 valence electrons. The minimum absolute atomic E-state index is 0.00704. The van der Waals surface area contributed by atoms with Gasteiger partial charge in [0.2, 0.25) is 5.91 Å². The van der Waals surface area contributed by atoms with Gasteiger partial charge in [-0.25, -0.2) is 4.98 Å². The van der Waals surface area contributed by atoms with Crippen molar-refractivity contribution in [2.24, 2.45) is 0 Å². The molecule has 2 amide bonds. The number of carbonyl (C=O) groups is 2. The van der Waals surface area contributed by atoms with Gasteiger partial charge in [0.25, 0.3) is 5.91 Å². The smallest absolute Gasteiger partial charge is 0.251 e. The molecule has 2 heterocycles. The SMILES string of the molecule is O=C(NCC(=O)N1CCC(c2nc3ccccc3s2)CC1)c1ccc(Oc2ccccc2)cc1. The van der Waals surface area contributed by atoms with Crippen LogP contribution < -0.4 is 10.1 Å². The number of fused-ring (bicyclic) bond motifs is 1. The van der Waals surface area contributed by atoms with E-state index < -0.39 is 0 Å². The van der Waals surface area contributed by atoms with Crippen molar-refractivity contribution in [3.63, 3.8) is 0 Å². The van der Waals surface area contributed by atoms with Gasteiger partial charge in [0.15, 0.2) is 0 Å². The van der Waals surface area contributed by atoms with E-state index in [1.54, 1.807) is 35.6 Å². The van der Waals surface area contributed by atoms with Gasteiger partial charge in [-0.3, -0.25) is 9.59 Å². The van der Waals surface area contributed by atoms with Crippen molar-refractivity contribution in [2.45, 2.75) is 18.8 Å². The lowest BCUT2D eigenvalue weighted by Gasteiger charge is -2.31. The maximum Gasteiger partial charge on any atom is 0.251 e. The van der Waals surface area contributed by atoms with Crippen LogP contribution in [0.4, 0.5) is 0 Å². The number of amides is 2. The molecule has 1 N–H and O–H groups in total. The number of aromatic nitrogens is 1. The number of piperidine rings is 1. The molecule has 0 aliphatic carbocycles. The normalized spacial score (nSPS) is 14.2. The molecule has 6 nitrogen and oxygen atoms in total. The van der Waals surface area contributed by atoms with Gasteiger partial charge in [-0.2, -0.15) is 0 Å². The van der Waals surface area contributed by atoms with E-state index in [2.05, 4.69) is 11.4 Å². The molecule has 4 aromatic rings. The van der Waals surface area contributed by atoms with E-state index in [1.165, 1.54) is 4.70 Å². The highest BCUT2D eigenvalue weighted by atomic mass is 32.1. The topological polar surface area (TPSA) is 71.5 Å². The third-order valence-corrected chi connectivity index (χ3v) is 7.20. The molecule has 7 heteroatoms. The Labute approximate surface area is 202 Å². The first-order chi connectivity index (χ1) is 16.7. The number of likely N-dealkylation sites (tertiary alicyclic amines) is 1. The number of carbonyl (C=O) groups excluding carboxylic acids is 2. The lowest BCUT2D eigenvalue weighted by atomic mass is 9.97. The summed E-state index contributed by atoms with van der Waals surface area (Å²) in [5.74, 6) is 1.43. The number of benzene rings is 3. The Balaban J connectivity index is 1.09. The van der Waals surface area contributed by atoms with Crippen LogP contribution in [0.3, 0.4) is 0 Å². The van der Waals surface area contributed by atoms with Crippen molar-refractivity contribution in [1.82, 2.24) is 15.2 Å². The first-order valence-electron chi connectivity index (χ1n) is 11.4. The Kier molecular flexibility index (Phi) is 6.53. The molecule has 0 spiro atoms. The third kappa shape index (κ3) is 5.10. The first kappa shape index (κ1) is 22.1. The van der Waals surface area contributed by atoms with E-state index in [1.807, 2.05) is 53.4 Å². The zero-order valence-electron chi connectivity index (χ0n) is 18.6. The molecule has 0 bridgehead atoms. The van der Waals surface area contributed by atoms with E-state index in [-0.39, 0.29) is 18.4 Å². The number of para-hydroxylation sites is 2. The highest BCUT2D eigenvalue weighted by Gasteiger charge is 2.26. The highest BCUT2D eigenvalue weighted by molar-refractivity contribution is 7.18. The van der Waals surface area contributed by atoms with Crippen LogP contribution in [0.15, 0.2) is 78.9 Å². The van der Waals surface area contributed by atoms with Crippen LogP contribution in [0.1, 0.15) is 34.1 Å². The van der Waals surface area contributed by atoms with Crippen molar-refractivity contribution in [2.75, 3.05) is 19.6 Å². The fourth-order valence-corrected chi connectivity index (χ4v) is 5.25. The summed E-state index contributed by atoms with van der Waals surface area (Å²) in [6.07, 6.45) is 1.78. The fourth-order valence-electron chi connectivity index (χ4n) is 4.11. The van der Waals surface area contributed by atoms with Crippen LogP contribution in [0.2, 0.25) is 0 Å². The number of nitrogens with zero attached hydrogens (tertiary/aromatic N) is 2. The Morgan fingerprint density at radius 1 is 0.912 bits per heavy atom. The van der Waals surface area contributed by atoms with Crippen molar-refractivity contribution in [1.29, 1.82) is 0 Å². The predicted molar refractivity (Wildman–Crippen MR) is 133 cm³/mol. The van der Waals surface area contributed by atoms with Crippen molar-refractivity contribution in [3.05, 3.63) is 89.4 Å². The van der Waals surface area contributed by atoms with Crippen molar-refractivity contribution in [3.8, 4) is 11.5 Å². The quantitative estimate of drug-likeness (QED) is 0.418. The van der Waals surface area contributed by atoms with Crippen LogP contribution in [0.25, 0.3) is 10.2 Å². The van der Waals surface area contributed by atoms with Crippen LogP contribution in [0.5, 0.6) is 11.5 Å². The maximum atomic E-state index is 12.7. The molecule has 1 aliphatic rings. The van der Waals surface area contributed by atoms with Gasteiger partial charge in [-0.1, -0.05) is 30.3 Å². The number of ether oxygens (including phenoxy) is 1. The van der Waals surface area contributed by atoms with Gasteiger partial charge in [-0.05, 0) is 61.4 Å². The monoisotopic (exact) mass is 471 g/mol. The summed E-state index contributed by atoms with van der Waals surface area (Å²) in [5.41, 5.74) is 1.53. The van der Waals surface area contributed by atoms with E-state index in [4.69, 9.17) is 9.72 Å². The van der Waals surface area contributed by atoms with Crippen molar-refractivity contribution < 1.29 is 14.3 Å². The second-order valence-electron chi connectivity index (χ2n) is 8.30.